The van der Waals surface area contributed by atoms with E-state index in [1.807, 2.05) is 19.2 Å². The van der Waals surface area contributed by atoms with Gasteiger partial charge in [-0.3, -0.25) is 0 Å². The molecule has 0 aliphatic heterocycles. The Bertz CT molecular complexity index is 843. The van der Waals surface area contributed by atoms with Gasteiger partial charge in [0.1, 0.15) is 5.82 Å². The number of benzene rings is 2. The van der Waals surface area contributed by atoms with Crippen LogP contribution < -0.4 is 14.2 Å². The number of imidazole rings is 1. The van der Waals surface area contributed by atoms with E-state index < -0.39 is 0 Å². The summed E-state index contributed by atoms with van der Waals surface area (Å²) in [6, 6.07) is 10.1. The lowest BCUT2D eigenvalue weighted by molar-refractivity contribution is 0.324. The first-order chi connectivity index (χ1) is 11.1. The third kappa shape index (κ3) is 2.48. The van der Waals surface area contributed by atoms with Crippen molar-refractivity contribution < 1.29 is 14.2 Å². The number of hydrogen-bond acceptors (Lipinski definition) is 4. The molecule has 0 aliphatic rings. The van der Waals surface area contributed by atoms with Crippen molar-refractivity contribution in [2.45, 2.75) is 6.92 Å². The van der Waals surface area contributed by atoms with Gasteiger partial charge in [0.25, 0.3) is 0 Å². The zero-order chi connectivity index (χ0) is 16.6. The first-order valence-electron chi connectivity index (χ1n) is 7.32. The SMILES string of the molecule is COc1cc(-c2nc3cc(C)ccc3n2C)cc(OC)c1OC. The fraction of sp³-hybridized carbons (Fsp3) is 0.278. The summed E-state index contributed by atoms with van der Waals surface area (Å²) in [5.41, 5.74) is 4.15. The zero-order valence-corrected chi connectivity index (χ0v) is 14.0. The van der Waals surface area contributed by atoms with Gasteiger partial charge in [-0.25, -0.2) is 4.98 Å². The second-order valence-corrected chi connectivity index (χ2v) is 5.40. The summed E-state index contributed by atoms with van der Waals surface area (Å²) in [5.74, 6) is 2.66. The minimum absolute atomic E-state index is 0.577. The van der Waals surface area contributed by atoms with E-state index in [2.05, 4.69) is 29.7 Å². The number of aromatic nitrogens is 2. The van der Waals surface area contributed by atoms with Crippen LogP contribution in [0.3, 0.4) is 0 Å². The van der Waals surface area contributed by atoms with Gasteiger partial charge in [-0.15, -0.1) is 0 Å². The molecule has 5 nitrogen and oxygen atoms in total. The maximum atomic E-state index is 5.43. The van der Waals surface area contributed by atoms with Gasteiger partial charge < -0.3 is 18.8 Å². The molecule has 5 heteroatoms. The van der Waals surface area contributed by atoms with Crippen molar-refractivity contribution in [1.82, 2.24) is 9.55 Å². The number of nitrogens with zero attached hydrogens (tertiary/aromatic N) is 2. The Kier molecular flexibility index (Phi) is 3.86. The maximum absolute atomic E-state index is 5.43. The highest BCUT2D eigenvalue weighted by atomic mass is 16.5. The van der Waals surface area contributed by atoms with E-state index in [1.165, 1.54) is 5.56 Å². The fourth-order valence-corrected chi connectivity index (χ4v) is 2.78. The molecule has 0 radical (unpaired) electrons. The van der Waals surface area contributed by atoms with Gasteiger partial charge in [-0.05, 0) is 36.8 Å². The Hall–Kier alpha value is -2.69. The molecule has 0 unspecified atom stereocenters. The highest BCUT2D eigenvalue weighted by Crippen LogP contribution is 2.41. The highest BCUT2D eigenvalue weighted by molar-refractivity contribution is 5.82. The maximum Gasteiger partial charge on any atom is 0.203 e. The summed E-state index contributed by atoms with van der Waals surface area (Å²) >= 11 is 0. The van der Waals surface area contributed by atoms with Gasteiger partial charge in [0.05, 0.1) is 32.4 Å². The smallest absolute Gasteiger partial charge is 0.203 e. The Morgan fingerprint density at radius 1 is 0.913 bits per heavy atom. The minimum Gasteiger partial charge on any atom is -0.493 e. The highest BCUT2D eigenvalue weighted by Gasteiger charge is 2.17. The predicted octanol–water partition coefficient (Wildman–Crippen LogP) is 3.57. The lowest BCUT2D eigenvalue weighted by Crippen LogP contribution is -1.98. The molecule has 1 aromatic heterocycles. The molecule has 3 rings (SSSR count). The molecule has 0 N–H and O–H groups in total. The first kappa shape index (κ1) is 15.2. The number of ether oxygens (including phenoxy) is 3. The van der Waals surface area contributed by atoms with Crippen molar-refractivity contribution in [3.63, 3.8) is 0 Å². The molecule has 0 aliphatic carbocycles. The van der Waals surface area contributed by atoms with E-state index >= 15 is 0 Å². The molecule has 0 fully saturated rings. The van der Waals surface area contributed by atoms with Crippen molar-refractivity contribution in [2.75, 3.05) is 21.3 Å². The molecule has 0 spiro atoms. The Morgan fingerprint density at radius 2 is 1.57 bits per heavy atom. The third-order valence-electron chi connectivity index (χ3n) is 3.96. The zero-order valence-electron chi connectivity index (χ0n) is 14.0. The van der Waals surface area contributed by atoms with Crippen LogP contribution in [0.15, 0.2) is 30.3 Å². The summed E-state index contributed by atoms with van der Waals surface area (Å²) in [6.07, 6.45) is 0. The Balaban J connectivity index is 2.24. The number of fused-ring (bicyclic) bond motifs is 1. The van der Waals surface area contributed by atoms with E-state index in [0.717, 1.165) is 22.4 Å². The largest absolute Gasteiger partial charge is 0.493 e. The van der Waals surface area contributed by atoms with Crippen molar-refractivity contribution >= 4 is 11.0 Å². The second kappa shape index (κ2) is 5.83. The van der Waals surface area contributed by atoms with Crippen LogP contribution in [0, 0.1) is 6.92 Å². The van der Waals surface area contributed by atoms with Crippen LogP contribution >= 0.6 is 0 Å². The molecule has 0 atom stereocenters. The molecule has 0 amide bonds. The van der Waals surface area contributed by atoms with Crippen molar-refractivity contribution in [2.24, 2.45) is 7.05 Å². The molecular formula is C18H20N2O3. The van der Waals surface area contributed by atoms with E-state index in [1.54, 1.807) is 21.3 Å². The number of methoxy groups -OCH3 is 3. The van der Waals surface area contributed by atoms with Gasteiger partial charge >= 0.3 is 0 Å². The van der Waals surface area contributed by atoms with E-state index in [9.17, 15) is 0 Å². The lowest BCUT2D eigenvalue weighted by atomic mass is 10.1. The van der Waals surface area contributed by atoms with Gasteiger partial charge in [-0.1, -0.05) is 6.07 Å². The summed E-state index contributed by atoms with van der Waals surface area (Å²) in [5, 5.41) is 0. The second-order valence-electron chi connectivity index (χ2n) is 5.40. The van der Waals surface area contributed by atoms with E-state index in [0.29, 0.717) is 17.2 Å². The Labute approximate surface area is 135 Å². The topological polar surface area (TPSA) is 45.5 Å². The van der Waals surface area contributed by atoms with Crippen LogP contribution in [0.1, 0.15) is 5.56 Å². The molecule has 2 aromatic carbocycles. The molecule has 0 bridgehead atoms. The number of rotatable bonds is 4. The van der Waals surface area contributed by atoms with Crippen molar-refractivity contribution in [3.8, 4) is 28.6 Å². The normalized spacial score (nSPS) is 10.8. The van der Waals surface area contributed by atoms with Gasteiger partial charge in [0, 0.05) is 12.6 Å². The average molecular weight is 312 g/mol. The fourth-order valence-electron chi connectivity index (χ4n) is 2.78. The molecule has 0 saturated heterocycles. The van der Waals surface area contributed by atoms with Crippen LogP contribution in [-0.2, 0) is 7.05 Å². The summed E-state index contributed by atoms with van der Waals surface area (Å²) in [4.78, 5) is 4.76. The van der Waals surface area contributed by atoms with Gasteiger partial charge in [-0.2, -0.15) is 0 Å². The summed E-state index contributed by atoms with van der Waals surface area (Å²) in [6.45, 7) is 2.06. The number of aryl methyl sites for hydroxylation is 2. The van der Waals surface area contributed by atoms with Crippen LogP contribution in [0.2, 0.25) is 0 Å². The van der Waals surface area contributed by atoms with Gasteiger partial charge in [0.15, 0.2) is 11.5 Å². The van der Waals surface area contributed by atoms with Crippen LogP contribution in [0.4, 0.5) is 0 Å². The van der Waals surface area contributed by atoms with Gasteiger partial charge in [0.2, 0.25) is 5.75 Å². The number of hydrogen-bond donors (Lipinski definition) is 0. The molecule has 120 valence electrons. The van der Waals surface area contributed by atoms with Crippen molar-refractivity contribution in [1.29, 1.82) is 0 Å². The molecule has 0 saturated carbocycles. The summed E-state index contributed by atoms with van der Waals surface area (Å²) in [7, 11) is 6.82. The third-order valence-corrected chi connectivity index (χ3v) is 3.96. The first-order valence-corrected chi connectivity index (χ1v) is 7.32. The lowest BCUT2D eigenvalue weighted by Gasteiger charge is -2.14. The average Bonchev–Trinajstić information content (AvgIpc) is 2.89. The van der Waals surface area contributed by atoms with E-state index in [4.69, 9.17) is 19.2 Å². The Morgan fingerprint density at radius 3 is 2.13 bits per heavy atom. The summed E-state index contributed by atoms with van der Waals surface area (Å²) < 4.78 is 18.3. The van der Waals surface area contributed by atoms with Crippen LogP contribution in [0.5, 0.6) is 17.2 Å². The van der Waals surface area contributed by atoms with Crippen molar-refractivity contribution in [3.05, 3.63) is 35.9 Å². The van der Waals surface area contributed by atoms with Crippen LogP contribution in [0.25, 0.3) is 22.4 Å². The molecule has 1 heterocycles. The quantitative estimate of drug-likeness (QED) is 0.739. The minimum atomic E-state index is 0.577. The standard InChI is InChI=1S/C18H20N2O3/c1-11-6-7-14-13(8-11)19-18(20(14)2)12-9-15(21-3)17(23-5)16(10-12)22-4/h6-10H,1-5H3. The van der Waals surface area contributed by atoms with Crippen LogP contribution in [-0.4, -0.2) is 30.9 Å². The molecule has 23 heavy (non-hydrogen) atoms. The predicted molar refractivity (Wildman–Crippen MR) is 90.5 cm³/mol. The molecular weight excluding hydrogens is 292 g/mol. The van der Waals surface area contributed by atoms with E-state index in [-0.39, 0.29) is 0 Å². The monoisotopic (exact) mass is 312 g/mol. The molecule has 3 aromatic rings.